The molecule has 0 saturated heterocycles. The molecule has 2 aromatic heterocycles. The summed E-state index contributed by atoms with van der Waals surface area (Å²) in [5.41, 5.74) is 3.82. The molecule has 0 unspecified atom stereocenters. The molecule has 0 spiro atoms. The summed E-state index contributed by atoms with van der Waals surface area (Å²) in [6.45, 7) is 3.53. The second kappa shape index (κ2) is 10.1. The van der Waals surface area contributed by atoms with Crippen LogP contribution in [0.3, 0.4) is 0 Å². The van der Waals surface area contributed by atoms with Gasteiger partial charge in [-0.25, -0.2) is 18.7 Å². The van der Waals surface area contributed by atoms with Gasteiger partial charge < -0.3 is 0 Å². The van der Waals surface area contributed by atoms with Gasteiger partial charge in [-0.3, -0.25) is 9.78 Å². The number of hydrogen-bond acceptors (Lipinski definition) is 5. The molecule has 0 bridgehead atoms. The van der Waals surface area contributed by atoms with E-state index in [1.165, 1.54) is 18.5 Å². The van der Waals surface area contributed by atoms with E-state index in [0.717, 1.165) is 11.3 Å². The minimum atomic E-state index is -0.773. The Bertz CT molecular complexity index is 1640. The van der Waals surface area contributed by atoms with Crippen molar-refractivity contribution in [2.75, 3.05) is 0 Å². The maximum Gasteiger partial charge on any atom is 0.167 e. The number of carbonyl (C=O) groups excluding carboxylic acids is 1. The lowest BCUT2D eigenvalue weighted by Gasteiger charge is -2.16. The fourth-order valence-electron chi connectivity index (χ4n) is 4.60. The van der Waals surface area contributed by atoms with Crippen LogP contribution in [0.15, 0.2) is 67.1 Å². The van der Waals surface area contributed by atoms with Crippen LogP contribution in [-0.2, 0) is 24.7 Å². The number of halogens is 2. The Labute approximate surface area is 219 Å². The Kier molecular flexibility index (Phi) is 6.64. The Hall–Kier alpha value is -4.57. The first-order valence-corrected chi connectivity index (χ1v) is 12.2. The van der Waals surface area contributed by atoms with Crippen LogP contribution in [0.4, 0.5) is 8.78 Å². The molecule has 0 fully saturated rings. The number of allylic oxidation sites excluding steroid dienone is 1. The molecule has 188 valence electrons. The third kappa shape index (κ3) is 4.73. The Morgan fingerprint density at radius 2 is 1.92 bits per heavy atom. The number of carbonyl (C=O) groups is 1. The molecule has 0 N–H and O–H groups in total. The zero-order valence-corrected chi connectivity index (χ0v) is 21.0. The summed E-state index contributed by atoms with van der Waals surface area (Å²) >= 11 is 0. The second-order valence-electron chi connectivity index (χ2n) is 9.78. The van der Waals surface area contributed by atoms with Crippen molar-refractivity contribution in [3.63, 3.8) is 0 Å². The van der Waals surface area contributed by atoms with Crippen LogP contribution in [0.2, 0.25) is 0 Å². The maximum absolute atomic E-state index is 15.7. The largest absolute Gasteiger partial charge is 0.294 e. The molecule has 0 saturated carbocycles. The van der Waals surface area contributed by atoms with Gasteiger partial charge in [-0.1, -0.05) is 36.4 Å². The summed E-state index contributed by atoms with van der Waals surface area (Å²) in [7, 11) is 0. The summed E-state index contributed by atoms with van der Waals surface area (Å²) in [5, 5.41) is 9.43. The molecule has 0 radical (unpaired) electrons. The lowest BCUT2D eigenvalue weighted by atomic mass is 9.85. The smallest absolute Gasteiger partial charge is 0.167 e. The zero-order chi connectivity index (χ0) is 26.9. The average molecular weight is 507 g/mol. The van der Waals surface area contributed by atoms with Gasteiger partial charge in [-0.15, -0.1) is 0 Å². The summed E-state index contributed by atoms with van der Waals surface area (Å²) in [5.74, 6) is -1.80. The number of Topliss-reactive ketones (excluding diaryl/α,β-unsaturated/α-hetero) is 1. The van der Waals surface area contributed by atoms with Gasteiger partial charge in [0.05, 0.1) is 28.6 Å². The van der Waals surface area contributed by atoms with Crippen LogP contribution in [0.5, 0.6) is 0 Å². The van der Waals surface area contributed by atoms with E-state index in [9.17, 15) is 14.4 Å². The van der Waals surface area contributed by atoms with E-state index in [2.05, 4.69) is 21.0 Å². The van der Waals surface area contributed by atoms with Gasteiger partial charge in [-0.05, 0) is 49.2 Å². The number of hydrogen-bond donors (Lipinski definition) is 0. The number of ketones is 1. The topological polar surface area (TPSA) is 79.5 Å². The number of aromatic nitrogens is 3. The number of pyridine rings is 1. The Morgan fingerprint density at radius 3 is 2.74 bits per heavy atom. The number of rotatable bonds is 7. The van der Waals surface area contributed by atoms with Crippen molar-refractivity contribution in [3.8, 4) is 17.3 Å². The van der Waals surface area contributed by atoms with Crippen molar-refractivity contribution < 1.29 is 13.6 Å². The molecule has 7 heteroatoms. The third-order valence-electron chi connectivity index (χ3n) is 6.85. The summed E-state index contributed by atoms with van der Waals surface area (Å²) < 4.78 is 30.6. The first-order valence-electron chi connectivity index (χ1n) is 12.2. The molecule has 2 heterocycles. The molecule has 1 aliphatic carbocycles. The monoisotopic (exact) mass is 506 g/mol. The Balaban J connectivity index is 1.46. The highest BCUT2D eigenvalue weighted by atomic mass is 19.1. The molecule has 2 aromatic carbocycles. The van der Waals surface area contributed by atoms with Gasteiger partial charge in [0.15, 0.2) is 5.78 Å². The van der Waals surface area contributed by atoms with E-state index in [-0.39, 0.29) is 29.8 Å². The number of nitriles is 1. The Morgan fingerprint density at radius 1 is 1.08 bits per heavy atom. The molecule has 0 aliphatic heterocycles. The van der Waals surface area contributed by atoms with E-state index in [0.29, 0.717) is 34.5 Å². The molecule has 0 atom stereocenters. The van der Waals surface area contributed by atoms with Gasteiger partial charge in [0, 0.05) is 47.7 Å². The SMILES string of the molecule is CC(C)(C#N)c1cccc(C(=O)Cc2ccc(F)c(Cc3ncccc3-c3ncnc4c3C=CC4)c2F)c1. The predicted molar refractivity (Wildman–Crippen MR) is 140 cm³/mol. The molecule has 5 rings (SSSR count). The van der Waals surface area contributed by atoms with E-state index >= 15 is 4.39 Å². The predicted octanol–water partition coefficient (Wildman–Crippen LogP) is 6.20. The van der Waals surface area contributed by atoms with E-state index in [4.69, 9.17) is 0 Å². The van der Waals surface area contributed by atoms with Gasteiger partial charge in [-0.2, -0.15) is 5.26 Å². The van der Waals surface area contributed by atoms with E-state index < -0.39 is 17.0 Å². The minimum Gasteiger partial charge on any atom is -0.294 e. The molecule has 38 heavy (non-hydrogen) atoms. The summed E-state index contributed by atoms with van der Waals surface area (Å²) in [4.78, 5) is 26.2. The number of fused-ring (bicyclic) bond motifs is 1. The normalized spacial score (nSPS) is 12.3. The molecule has 1 aliphatic rings. The van der Waals surface area contributed by atoms with Crippen LogP contribution < -0.4 is 0 Å². The number of nitrogens with zero attached hydrogens (tertiary/aromatic N) is 4. The lowest BCUT2D eigenvalue weighted by Crippen LogP contribution is -2.15. The van der Waals surface area contributed by atoms with E-state index in [1.54, 1.807) is 50.4 Å². The van der Waals surface area contributed by atoms with E-state index in [1.807, 2.05) is 18.2 Å². The third-order valence-corrected chi connectivity index (χ3v) is 6.85. The van der Waals surface area contributed by atoms with Crippen molar-refractivity contribution >= 4 is 11.9 Å². The minimum absolute atomic E-state index is 0.0969. The lowest BCUT2D eigenvalue weighted by molar-refractivity contribution is 0.0991. The second-order valence-corrected chi connectivity index (χ2v) is 9.78. The first-order chi connectivity index (χ1) is 18.3. The molecular formula is C31H24F2N4O. The fraction of sp³-hybridized carbons (Fsp3) is 0.194. The van der Waals surface area contributed by atoms with Crippen molar-refractivity contribution in [1.82, 2.24) is 15.0 Å². The van der Waals surface area contributed by atoms with Crippen molar-refractivity contribution in [2.24, 2.45) is 0 Å². The fourth-order valence-corrected chi connectivity index (χ4v) is 4.60. The number of benzene rings is 2. The van der Waals surface area contributed by atoms with Gasteiger partial charge in [0.1, 0.15) is 18.0 Å². The van der Waals surface area contributed by atoms with Crippen molar-refractivity contribution in [1.29, 1.82) is 5.26 Å². The van der Waals surface area contributed by atoms with Crippen LogP contribution in [0.1, 0.15) is 57.8 Å². The molecule has 0 amide bonds. The van der Waals surface area contributed by atoms with Crippen molar-refractivity contribution in [2.45, 2.75) is 38.5 Å². The van der Waals surface area contributed by atoms with Crippen LogP contribution in [-0.4, -0.2) is 20.7 Å². The highest BCUT2D eigenvalue weighted by Gasteiger charge is 2.23. The summed E-state index contributed by atoms with van der Waals surface area (Å²) in [6, 6.07) is 15.1. The average Bonchev–Trinajstić information content (AvgIpc) is 3.42. The zero-order valence-electron chi connectivity index (χ0n) is 21.0. The molecule has 5 nitrogen and oxygen atoms in total. The van der Waals surface area contributed by atoms with Gasteiger partial charge >= 0.3 is 0 Å². The first kappa shape index (κ1) is 25.1. The quantitative estimate of drug-likeness (QED) is 0.279. The molecular weight excluding hydrogens is 482 g/mol. The van der Waals surface area contributed by atoms with Gasteiger partial charge in [0.25, 0.3) is 0 Å². The standard InChI is InChI=1S/C31H24F2N4O/c1-31(2,17-34)21-7-3-6-19(14-21)28(38)15-20-11-12-25(32)24(29(20)33)16-27-23(9-5-13-35-27)30-22-8-4-10-26(22)36-18-37-30/h3-9,11-14,18H,10,15-16H2,1-2H3. The van der Waals surface area contributed by atoms with Crippen LogP contribution in [0.25, 0.3) is 17.3 Å². The van der Waals surface area contributed by atoms with Crippen LogP contribution in [0, 0.1) is 23.0 Å². The van der Waals surface area contributed by atoms with Gasteiger partial charge in [0.2, 0.25) is 0 Å². The summed E-state index contributed by atoms with van der Waals surface area (Å²) in [6.07, 6.45) is 7.36. The van der Waals surface area contributed by atoms with Crippen LogP contribution >= 0.6 is 0 Å². The highest BCUT2D eigenvalue weighted by Crippen LogP contribution is 2.32. The maximum atomic E-state index is 15.7. The molecule has 4 aromatic rings. The highest BCUT2D eigenvalue weighted by molar-refractivity contribution is 5.97. The van der Waals surface area contributed by atoms with Crippen molar-refractivity contribution in [3.05, 3.63) is 118 Å².